The van der Waals surface area contributed by atoms with E-state index in [-0.39, 0.29) is 0 Å². The van der Waals surface area contributed by atoms with Gasteiger partial charge in [0.1, 0.15) is 31.5 Å². The molecule has 2 rings (SSSR count). The number of carbonyl (C=O) groups excluding carboxylic acids is 8. The van der Waals surface area contributed by atoms with Gasteiger partial charge in [-0.1, -0.05) is 111 Å². The summed E-state index contributed by atoms with van der Waals surface area (Å²) in [6.07, 6.45) is -16.9. The highest BCUT2D eigenvalue weighted by Crippen LogP contribution is 2.37. The third-order valence-corrected chi connectivity index (χ3v) is 9.52. The molecule has 2 fully saturated rings. The number of esters is 8. The van der Waals surface area contributed by atoms with E-state index < -0.39 is 170 Å². The first-order chi connectivity index (χ1) is 29.2. The van der Waals surface area contributed by atoms with Crippen molar-refractivity contribution in [2.24, 2.45) is 47.3 Å². The molecule has 2 aliphatic heterocycles. The minimum atomic E-state index is -1.89. The molecule has 0 aromatic heterocycles. The van der Waals surface area contributed by atoms with Gasteiger partial charge < -0.3 is 52.1 Å². The number of carbonyl (C=O) groups is 8. The predicted octanol–water partition coefficient (Wildman–Crippen LogP) is 4.26. The Balaban J connectivity index is 3.04. The van der Waals surface area contributed by atoms with E-state index >= 15 is 0 Å². The molecule has 19 heteroatoms. The molecule has 0 aliphatic carbocycles. The van der Waals surface area contributed by atoms with Crippen molar-refractivity contribution in [3.05, 3.63) is 0 Å². The monoisotopic (exact) mass is 902 g/mol. The molecule has 10 atom stereocenters. The molecule has 63 heavy (non-hydrogen) atoms. The lowest BCUT2D eigenvalue weighted by molar-refractivity contribution is -0.359. The lowest BCUT2D eigenvalue weighted by Crippen LogP contribution is -2.68. The Hall–Kier alpha value is -4.36. The molecule has 2 aliphatic rings. The van der Waals surface area contributed by atoms with Crippen LogP contribution in [-0.2, 0) is 90.5 Å². The molecule has 1 unspecified atom stereocenters. The van der Waals surface area contributed by atoms with Crippen LogP contribution in [-0.4, -0.2) is 122 Å². The molecule has 0 aromatic rings. The number of hydrogen-bond donors (Lipinski definition) is 0. The third-order valence-electron chi connectivity index (χ3n) is 9.52. The van der Waals surface area contributed by atoms with Crippen molar-refractivity contribution >= 4 is 47.8 Å². The highest BCUT2D eigenvalue weighted by Gasteiger charge is 2.59. The zero-order chi connectivity index (χ0) is 48.2. The molecular formula is C44H70O19. The van der Waals surface area contributed by atoms with E-state index in [1.165, 1.54) is 41.5 Å². The van der Waals surface area contributed by atoms with E-state index in [1.807, 2.05) is 0 Å². The minimum Gasteiger partial charge on any atom is -0.463 e. The van der Waals surface area contributed by atoms with E-state index in [9.17, 15) is 38.4 Å². The Kier molecular flexibility index (Phi) is 21.4. The fraction of sp³-hybridized carbons (Fsp3) is 0.818. The lowest BCUT2D eigenvalue weighted by Gasteiger charge is -2.49. The largest absolute Gasteiger partial charge is 0.463 e. The summed E-state index contributed by atoms with van der Waals surface area (Å²) < 4.78 is 65.9. The first-order valence-corrected chi connectivity index (χ1v) is 21.7. The van der Waals surface area contributed by atoms with Crippen LogP contribution in [0.3, 0.4) is 0 Å². The second kappa shape index (κ2) is 24.6. The molecular weight excluding hydrogens is 832 g/mol. The maximum atomic E-state index is 13.6. The fourth-order valence-electron chi connectivity index (χ4n) is 5.47. The summed E-state index contributed by atoms with van der Waals surface area (Å²) in [5.74, 6) is -12.0. The molecule has 2 saturated heterocycles. The Labute approximate surface area is 370 Å². The predicted molar refractivity (Wildman–Crippen MR) is 218 cm³/mol. The summed E-state index contributed by atoms with van der Waals surface area (Å²) in [4.78, 5) is 106. The Morgan fingerprint density at radius 1 is 0.317 bits per heavy atom. The molecule has 0 amide bonds. The summed E-state index contributed by atoms with van der Waals surface area (Å²) in [5.41, 5.74) is 0. The van der Waals surface area contributed by atoms with Gasteiger partial charge in [0.05, 0.1) is 47.3 Å². The second-order valence-electron chi connectivity index (χ2n) is 18.1. The van der Waals surface area contributed by atoms with Crippen LogP contribution in [0.15, 0.2) is 0 Å². The summed E-state index contributed by atoms with van der Waals surface area (Å²) in [6, 6.07) is 0. The summed E-state index contributed by atoms with van der Waals surface area (Å²) in [7, 11) is 0. The standard InChI is InChI=1S/C44H70O19/c1-19(2)35(45)53-17-27-29(57-37(47)21(5)6)31(58-38(48)22(7)8)33(60-40(50)24(11)12)43(55-27)62-30-28(18-54-36(46)20(3)4)56-44(63-42(52)26(15)16)34(61-41(51)25(13)14)32(30)59-39(49)23(9)10/h19-34,43-44H,17-18H2,1-16H3/t27-,28-,29+,30-,31+,32+,33-,34-,43+,44?/m1/s1. The van der Waals surface area contributed by atoms with Crippen molar-refractivity contribution in [2.45, 2.75) is 172 Å². The van der Waals surface area contributed by atoms with Crippen LogP contribution in [0.1, 0.15) is 111 Å². The van der Waals surface area contributed by atoms with Crippen LogP contribution >= 0.6 is 0 Å². The van der Waals surface area contributed by atoms with Crippen molar-refractivity contribution in [1.82, 2.24) is 0 Å². The maximum absolute atomic E-state index is 13.6. The number of hydrogen-bond acceptors (Lipinski definition) is 19. The highest BCUT2D eigenvalue weighted by molar-refractivity contribution is 5.75. The number of rotatable bonds is 20. The van der Waals surface area contributed by atoms with Crippen LogP contribution in [0.25, 0.3) is 0 Å². The first kappa shape index (κ1) is 54.8. The zero-order valence-corrected chi connectivity index (χ0v) is 39.6. The molecule has 0 radical (unpaired) electrons. The first-order valence-electron chi connectivity index (χ1n) is 21.7. The van der Waals surface area contributed by atoms with Gasteiger partial charge in [0.25, 0.3) is 0 Å². The van der Waals surface area contributed by atoms with Gasteiger partial charge >= 0.3 is 47.8 Å². The van der Waals surface area contributed by atoms with Crippen molar-refractivity contribution < 1.29 is 90.5 Å². The van der Waals surface area contributed by atoms with Crippen LogP contribution in [0.4, 0.5) is 0 Å². The maximum Gasteiger partial charge on any atom is 0.310 e. The van der Waals surface area contributed by atoms with Crippen molar-refractivity contribution in [2.75, 3.05) is 13.2 Å². The molecule has 0 bridgehead atoms. The van der Waals surface area contributed by atoms with Gasteiger partial charge in [0.2, 0.25) is 12.4 Å². The summed E-state index contributed by atoms with van der Waals surface area (Å²) in [5, 5.41) is 0. The van der Waals surface area contributed by atoms with Gasteiger partial charge in [0.15, 0.2) is 30.7 Å². The Morgan fingerprint density at radius 3 is 0.921 bits per heavy atom. The van der Waals surface area contributed by atoms with E-state index in [2.05, 4.69) is 0 Å². The van der Waals surface area contributed by atoms with Crippen LogP contribution in [0.5, 0.6) is 0 Å². The van der Waals surface area contributed by atoms with Gasteiger partial charge in [-0.3, -0.25) is 38.4 Å². The molecule has 0 saturated carbocycles. The van der Waals surface area contributed by atoms with Crippen LogP contribution < -0.4 is 0 Å². The van der Waals surface area contributed by atoms with E-state index in [0.29, 0.717) is 0 Å². The Bertz CT molecular complexity index is 1580. The average molecular weight is 903 g/mol. The molecule has 360 valence electrons. The topological polar surface area (TPSA) is 238 Å². The van der Waals surface area contributed by atoms with Crippen molar-refractivity contribution in [3.63, 3.8) is 0 Å². The molecule has 2 heterocycles. The molecule has 0 N–H and O–H groups in total. The summed E-state index contributed by atoms with van der Waals surface area (Å²) in [6.45, 7) is 23.6. The average Bonchev–Trinajstić information content (AvgIpc) is 3.19. The SMILES string of the molecule is CC(C)C(=O)OC[C@H]1O[C@@H](O[C@H]2[C@H](OC(=O)C(C)C)[C@@H](OC(=O)C(C)C)C(OC(=O)C(C)C)O[C@@H]2COC(=O)C(C)C)[C@H](OC(=O)C(C)C)[C@@H](OC(=O)C(C)C)[C@H]1OC(=O)C(C)C. The van der Waals surface area contributed by atoms with Gasteiger partial charge in [-0.2, -0.15) is 0 Å². The van der Waals surface area contributed by atoms with Gasteiger partial charge in [-0.05, 0) is 0 Å². The number of ether oxygens (including phenoxy) is 11. The molecule has 0 spiro atoms. The van der Waals surface area contributed by atoms with Crippen molar-refractivity contribution in [1.29, 1.82) is 0 Å². The van der Waals surface area contributed by atoms with Gasteiger partial charge in [-0.25, -0.2) is 0 Å². The smallest absolute Gasteiger partial charge is 0.310 e. The minimum absolute atomic E-state index is 0.599. The van der Waals surface area contributed by atoms with Crippen LogP contribution in [0, 0.1) is 47.3 Å². The fourth-order valence-corrected chi connectivity index (χ4v) is 5.47. The normalized spacial score (nSPS) is 26.2. The van der Waals surface area contributed by atoms with Crippen molar-refractivity contribution in [3.8, 4) is 0 Å². The third kappa shape index (κ3) is 16.0. The van der Waals surface area contributed by atoms with E-state index in [0.717, 1.165) is 0 Å². The molecule has 0 aromatic carbocycles. The zero-order valence-electron chi connectivity index (χ0n) is 39.6. The van der Waals surface area contributed by atoms with Crippen LogP contribution in [0.2, 0.25) is 0 Å². The van der Waals surface area contributed by atoms with E-state index in [1.54, 1.807) is 69.2 Å². The lowest BCUT2D eigenvalue weighted by atomic mass is 9.95. The van der Waals surface area contributed by atoms with Gasteiger partial charge in [-0.15, -0.1) is 0 Å². The quantitative estimate of drug-likeness (QED) is 0.123. The highest BCUT2D eigenvalue weighted by atomic mass is 16.8. The summed E-state index contributed by atoms with van der Waals surface area (Å²) >= 11 is 0. The van der Waals surface area contributed by atoms with E-state index in [4.69, 9.17) is 52.1 Å². The molecule has 19 nitrogen and oxygen atoms in total. The van der Waals surface area contributed by atoms with Gasteiger partial charge in [0, 0.05) is 0 Å². The second-order valence-corrected chi connectivity index (χ2v) is 18.1. The Morgan fingerprint density at radius 2 is 0.571 bits per heavy atom.